The molecule has 0 aliphatic heterocycles. The second kappa shape index (κ2) is 4.36. The van der Waals surface area contributed by atoms with Gasteiger partial charge < -0.3 is 5.73 Å². The van der Waals surface area contributed by atoms with Gasteiger partial charge in [0.15, 0.2) is 0 Å². The largest absolute Gasteiger partial charge is 0.321 e. The lowest BCUT2D eigenvalue weighted by molar-refractivity contribution is 0.385. The van der Waals surface area contributed by atoms with Gasteiger partial charge in [-0.3, -0.25) is 0 Å². The van der Waals surface area contributed by atoms with Crippen LogP contribution in [0.3, 0.4) is 0 Å². The average molecular weight is 203 g/mol. The molecule has 1 fully saturated rings. The fraction of sp³-hybridized carbons (Fsp3) is 0.571. The van der Waals surface area contributed by atoms with Crippen LogP contribution in [-0.2, 0) is 5.54 Å². The van der Waals surface area contributed by atoms with Crippen molar-refractivity contribution >= 4 is 0 Å². The summed E-state index contributed by atoms with van der Waals surface area (Å²) in [6.45, 7) is 2.13. The van der Waals surface area contributed by atoms with Crippen molar-refractivity contribution in [2.45, 2.75) is 51.0 Å². The minimum Gasteiger partial charge on any atom is -0.321 e. The number of benzene rings is 1. The molecular weight excluding hydrogens is 182 g/mol. The Kier molecular flexibility index (Phi) is 3.11. The highest BCUT2D eigenvalue weighted by Crippen LogP contribution is 2.33. The van der Waals surface area contributed by atoms with Gasteiger partial charge in [-0.1, -0.05) is 55.5 Å². The molecule has 15 heavy (non-hydrogen) atoms. The van der Waals surface area contributed by atoms with E-state index in [1.165, 1.54) is 36.8 Å². The van der Waals surface area contributed by atoms with Crippen molar-refractivity contribution in [3.05, 3.63) is 35.4 Å². The second-order valence-corrected chi connectivity index (χ2v) is 4.94. The van der Waals surface area contributed by atoms with E-state index in [9.17, 15) is 0 Å². The highest BCUT2D eigenvalue weighted by molar-refractivity contribution is 5.27. The van der Waals surface area contributed by atoms with Crippen LogP contribution >= 0.6 is 0 Å². The van der Waals surface area contributed by atoms with E-state index in [4.69, 9.17) is 5.73 Å². The Balaban J connectivity index is 2.22. The number of hydrogen-bond donors (Lipinski definition) is 1. The average Bonchev–Trinajstić information content (AvgIpc) is 2.45. The van der Waals surface area contributed by atoms with E-state index in [1.54, 1.807) is 0 Å². The van der Waals surface area contributed by atoms with Crippen molar-refractivity contribution in [2.75, 3.05) is 0 Å². The topological polar surface area (TPSA) is 26.0 Å². The van der Waals surface area contributed by atoms with Gasteiger partial charge in [-0.15, -0.1) is 0 Å². The Hall–Kier alpha value is -0.820. The molecule has 0 amide bonds. The summed E-state index contributed by atoms with van der Waals surface area (Å²) in [5.74, 6) is 0. The first-order valence-corrected chi connectivity index (χ1v) is 6.07. The lowest BCUT2D eigenvalue weighted by Gasteiger charge is -2.28. The molecule has 1 aliphatic rings. The van der Waals surface area contributed by atoms with E-state index in [1.807, 2.05) is 0 Å². The fourth-order valence-electron chi connectivity index (χ4n) is 2.53. The molecule has 0 radical (unpaired) electrons. The molecule has 0 atom stereocenters. The van der Waals surface area contributed by atoms with Gasteiger partial charge >= 0.3 is 0 Å². The quantitative estimate of drug-likeness (QED) is 0.694. The van der Waals surface area contributed by atoms with Crippen LogP contribution in [0, 0.1) is 6.92 Å². The molecular formula is C14H21N. The summed E-state index contributed by atoms with van der Waals surface area (Å²) in [5.41, 5.74) is 9.12. The minimum absolute atomic E-state index is 0.0514. The minimum atomic E-state index is -0.0514. The second-order valence-electron chi connectivity index (χ2n) is 4.94. The number of nitrogens with two attached hydrogens (primary N) is 1. The molecule has 2 rings (SSSR count). The van der Waals surface area contributed by atoms with Crippen LogP contribution < -0.4 is 5.73 Å². The summed E-state index contributed by atoms with van der Waals surface area (Å²) in [7, 11) is 0. The molecule has 0 saturated heterocycles. The predicted octanol–water partition coefficient (Wildman–Crippen LogP) is 3.50. The maximum absolute atomic E-state index is 6.53. The summed E-state index contributed by atoms with van der Waals surface area (Å²) in [6, 6.07) is 8.77. The summed E-state index contributed by atoms with van der Waals surface area (Å²) in [4.78, 5) is 0. The number of hydrogen-bond acceptors (Lipinski definition) is 1. The summed E-state index contributed by atoms with van der Waals surface area (Å²) in [6.07, 6.45) is 7.57. The fourth-order valence-corrected chi connectivity index (χ4v) is 2.53. The third kappa shape index (κ3) is 2.40. The first kappa shape index (κ1) is 10.7. The van der Waals surface area contributed by atoms with Crippen LogP contribution in [0.1, 0.15) is 49.7 Å². The smallest absolute Gasteiger partial charge is 0.0409 e. The van der Waals surface area contributed by atoms with E-state index < -0.39 is 0 Å². The summed E-state index contributed by atoms with van der Waals surface area (Å²) in [5, 5.41) is 0. The Morgan fingerprint density at radius 2 is 1.47 bits per heavy atom. The van der Waals surface area contributed by atoms with Gasteiger partial charge in [0.1, 0.15) is 0 Å². The van der Waals surface area contributed by atoms with E-state index in [0.717, 1.165) is 12.8 Å². The van der Waals surface area contributed by atoms with Crippen LogP contribution in [-0.4, -0.2) is 0 Å². The van der Waals surface area contributed by atoms with Crippen LogP contribution in [0.2, 0.25) is 0 Å². The Bertz CT molecular complexity index is 305. The Morgan fingerprint density at radius 1 is 0.933 bits per heavy atom. The molecule has 1 heteroatoms. The third-order valence-corrected chi connectivity index (χ3v) is 3.62. The van der Waals surface area contributed by atoms with Gasteiger partial charge in [0, 0.05) is 5.54 Å². The van der Waals surface area contributed by atoms with E-state index in [-0.39, 0.29) is 5.54 Å². The van der Waals surface area contributed by atoms with Crippen LogP contribution in [0.15, 0.2) is 24.3 Å². The Labute approximate surface area is 92.7 Å². The molecule has 0 unspecified atom stereocenters. The maximum atomic E-state index is 6.53. The number of rotatable bonds is 1. The summed E-state index contributed by atoms with van der Waals surface area (Å²) < 4.78 is 0. The van der Waals surface area contributed by atoms with E-state index >= 15 is 0 Å². The lowest BCUT2D eigenvalue weighted by Crippen LogP contribution is -2.35. The van der Waals surface area contributed by atoms with Gasteiger partial charge in [-0.05, 0) is 25.3 Å². The zero-order valence-electron chi connectivity index (χ0n) is 9.63. The van der Waals surface area contributed by atoms with Crippen molar-refractivity contribution < 1.29 is 0 Å². The molecule has 1 aliphatic carbocycles. The highest BCUT2D eigenvalue weighted by atomic mass is 14.7. The van der Waals surface area contributed by atoms with Crippen molar-refractivity contribution in [3.63, 3.8) is 0 Å². The third-order valence-electron chi connectivity index (χ3n) is 3.62. The molecule has 0 bridgehead atoms. The molecule has 1 nitrogen and oxygen atoms in total. The van der Waals surface area contributed by atoms with Crippen LogP contribution in [0.25, 0.3) is 0 Å². The zero-order chi connectivity index (χ0) is 10.7. The van der Waals surface area contributed by atoms with Crippen LogP contribution in [0.4, 0.5) is 0 Å². The molecule has 1 saturated carbocycles. The molecule has 0 aromatic heterocycles. The highest BCUT2D eigenvalue weighted by Gasteiger charge is 2.27. The van der Waals surface area contributed by atoms with Crippen molar-refractivity contribution in [1.82, 2.24) is 0 Å². The molecule has 2 N–H and O–H groups in total. The van der Waals surface area contributed by atoms with Crippen molar-refractivity contribution in [1.29, 1.82) is 0 Å². The summed E-state index contributed by atoms with van der Waals surface area (Å²) >= 11 is 0. The van der Waals surface area contributed by atoms with Crippen molar-refractivity contribution in [2.24, 2.45) is 5.73 Å². The van der Waals surface area contributed by atoms with Gasteiger partial charge in [0.05, 0.1) is 0 Å². The Morgan fingerprint density at radius 3 is 2.00 bits per heavy atom. The first-order valence-electron chi connectivity index (χ1n) is 6.07. The van der Waals surface area contributed by atoms with Gasteiger partial charge in [-0.2, -0.15) is 0 Å². The van der Waals surface area contributed by atoms with Crippen LogP contribution in [0.5, 0.6) is 0 Å². The van der Waals surface area contributed by atoms with Gasteiger partial charge in [0.25, 0.3) is 0 Å². The predicted molar refractivity (Wildman–Crippen MR) is 64.7 cm³/mol. The lowest BCUT2D eigenvalue weighted by atomic mass is 9.84. The van der Waals surface area contributed by atoms with E-state index in [0.29, 0.717) is 0 Å². The van der Waals surface area contributed by atoms with E-state index in [2.05, 4.69) is 31.2 Å². The van der Waals surface area contributed by atoms with Crippen molar-refractivity contribution in [3.8, 4) is 0 Å². The molecule has 82 valence electrons. The first-order chi connectivity index (χ1) is 7.21. The number of aryl methyl sites for hydroxylation is 1. The normalized spacial score (nSPS) is 20.9. The standard InChI is InChI=1S/C14H21N/c1-12-6-8-13(9-7-12)14(15)10-4-2-3-5-11-14/h6-9H,2-5,10-11,15H2,1H3. The monoisotopic (exact) mass is 203 g/mol. The molecule has 0 heterocycles. The molecule has 0 spiro atoms. The molecule has 1 aromatic carbocycles. The zero-order valence-corrected chi connectivity index (χ0v) is 9.63. The molecule has 1 aromatic rings. The van der Waals surface area contributed by atoms with Gasteiger partial charge in [-0.25, -0.2) is 0 Å². The SMILES string of the molecule is Cc1ccc(C2(N)CCCCCC2)cc1. The van der Waals surface area contributed by atoms with Gasteiger partial charge in [0.2, 0.25) is 0 Å². The maximum Gasteiger partial charge on any atom is 0.0409 e.